The molecule has 0 N–H and O–H groups in total. The lowest BCUT2D eigenvalue weighted by molar-refractivity contribution is 0.117. The molecular formula is C17H34N2. The summed E-state index contributed by atoms with van der Waals surface area (Å²) in [5, 5.41) is 0. The Bertz CT molecular complexity index is 236. The number of rotatable bonds is 3. The van der Waals surface area contributed by atoms with Crippen molar-refractivity contribution in [3.63, 3.8) is 0 Å². The molecule has 1 aliphatic carbocycles. The zero-order chi connectivity index (χ0) is 13.7. The van der Waals surface area contributed by atoms with Crippen molar-refractivity contribution >= 4 is 0 Å². The SMILES string of the molecule is CC(C)C1CCC1.CN1CCC(CN2CCC2)CC1. The summed E-state index contributed by atoms with van der Waals surface area (Å²) in [6.45, 7) is 11.4. The fourth-order valence-corrected chi connectivity index (χ4v) is 3.28. The van der Waals surface area contributed by atoms with Crippen LogP contribution < -0.4 is 0 Å². The van der Waals surface area contributed by atoms with Gasteiger partial charge in [0.15, 0.2) is 0 Å². The molecule has 0 bridgehead atoms. The Hall–Kier alpha value is -0.0800. The van der Waals surface area contributed by atoms with Crippen molar-refractivity contribution < 1.29 is 0 Å². The van der Waals surface area contributed by atoms with E-state index in [0.29, 0.717) is 0 Å². The molecule has 3 aliphatic rings. The van der Waals surface area contributed by atoms with Gasteiger partial charge in [0.05, 0.1) is 0 Å². The number of piperidine rings is 1. The van der Waals surface area contributed by atoms with Gasteiger partial charge in [0.2, 0.25) is 0 Å². The van der Waals surface area contributed by atoms with Crippen LogP contribution in [0.2, 0.25) is 0 Å². The Kier molecular flexibility index (Phi) is 6.15. The maximum Gasteiger partial charge on any atom is 0.00106 e. The lowest BCUT2D eigenvalue weighted by atomic mass is 9.78. The van der Waals surface area contributed by atoms with E-state index in [9.17, 15) is 0 Å². The van der Waals surface area contributed by atoms with Gasteiger partial charge in [-0.25, -0.2) is 0 Å². The normalized spacial score (nSPS) is 26.5. The molecule has 19 heavy (non-hydrogen) atoms. The van der Waals surface area contributed by atoms with Crippen molar-refractivity contribution in [1.29, 1.82) is 0 Å². The van der Waals surface area contributed by atoms with Gasteiger partial charge in [-0.1, -0.05) is 33.1 Å². The first-order valence-corrected chi connectivity index (χ1v) is 8.56. The van der Waals surface area contributed by atoms with Crippen LogP contribution in [0.25, 0.3) is 0 Å². The molecule has 2 aliphatic heterocycles. The van der Waals surface area contributed by atoms with E-state index in [1.165, 1.54) is 71.2 Å². The molecular weight excluding hydrogens is 232 g/mol. The summed E-state index contributed by atoms with van der Waals surface area (Å²) in [6, 6.07) is 0. The maximum atomic E-state index is 2.61. The highest BCUT2D eigenvalue weighted by Gasteiger charge is 2.22. The van der Waals surface area contributed by atoms with E-state index in [2.05, 4.69) is 30.7 Å². The monoisotopic (exact) mass is 266 g/mol. The minimum absolute atomic E-state index is 0.953. The molecule has 3 fully saturated rings. The molecule has 2 heterocycles. The van der Waals surface area contributed by atoms with Crippen LogP contribution in [0.1, 0.15) is 52.4 Å². The number of likely N-dealkylation sites (tertiary alicyclic amines) is 2. The van der Waals surface area contributed by atoms with E-state index in [-0.39, 0.29) is 0 Å². The van der Waals surface area contributed by atoms with Crippen molar-refractivity contribution in [2.75, 3.05) is 39.8 Å². The smallest absolute Gasteiger partial charge is 0.00106 e. The van der Waals surface area contributed by atoms with E-state index < -0.39 is 0 Å². The first-order chi connectivity index (χ1) is 9.15. The van der Waals surface area contributed by atoms with Gasteiger partial charge in [-0.05, 0) is 70.2 Å². The highest BCUT2D eigenvalue weighted by molar-refractivity contribution is 4.77. The predicted molar refractivity (Wildman–Crippen MR) is 83.5 cm³/mol. The maximum absolute atomic E-state index is 2.61. The van der Waals surface area contributed by atoms with E-state index >= 15 is 0 Å². The van der Waals surface area contributed by atoms with Crippen LogP contribution in [0.5, 0.6) is 0 Å². The third kappa shape index (κ3) is 5.07. The average molecular weight is 266 g/mol. The fraction of sp³-hybridized carbons (Fsp3) is 1.00. The van der Waals surface area contributed by atoms with Gasteiger partial charge in [-0.3, -0.25) is 0 Å². The largest absolute Gasteiger partial charge is 0.306 e. The lowest BCUT2D eigenvalue weighted by Gasteiger charge is -2.37. The number of nitrogens with zero attached hydrogens (tertiary/aromatic N) is 2. The van der Waals surface area contributed by atoms with Crippen LogP contribution in [-0.4, -0.2) is 49.6 Å². The summed E-state index contributed by atoms with van der Waals surface area (Å²) >= 11 is 0. The third-order valence-electron chi connectivity index (χ3n) is 5.40. The fourth-order valence-electron chi connectivity index (χ4n) is 3.28. The highest BCUT2D eigenvalue weighted by Crippen LogP contribution is 2.32. The Balaban J connectivity index is 0.000000163. The topological polar surface area (TPSA) is 6.48 Å². The van der Waals surface area contributed by atoms with Gasteiger partial charge >= 0.3 is 0 Å². The van der Waals surface area contributed by atoms with Gasteiger partial charge < -0.3 is 9.80 Å². The summed E-state index contributed by atoms with van der Waals surface area (Å²) in [5.74, 6) is 3.04. The Morgan fingerprint density at radius 2 is 1.53 bits per heavy atom. The van der Waals surface area contributed by atoms with Crippen LogP contribution in [0, 0.1) is 17.8 Å². The summed E-state index contributed by atoms with van der Waals surface area (Å²) < 4.78 is 0. The molecule has 0 spiro atoms. The molecule has 0 atom stereocenters. The van der Waals surface area contributed by atoms with Gasteiger partial charge in [0, 0.05) is 6.54 Å². The summed E-state index contributed by atoms with van der Waals surface area (Å²) in [5.41, 5.74) is 0. The molecule has 0 aromatic rings. The van der Waals surface area contributed by atoms with E-state index in [4.69, 9.17) is 0 Å². The zero-order valence-corrected chi connectivity index (χ0v) is 13.4. The number of hydrogen-bond donors (Lipinski definition) is 0. The summed E-state index contributed by atoms with van der Waals surface area (Å²) in [7, 11) is 2.24. The molecule has 0 radical (unpaired) electrons. The number of hydrogen-bond acceptors (Lipinski definition) is 2. The minimum atomic E-state index is 0.953. The van der Waals surface area contributed by atoms with Crippen molar-refractivity contribution in [3.8, 4) is 0 Å². The van der Waals surface area contributed by atoms with Crippen LogP contribution in [0.4, 0.5) is 0 Å². The third-order valence-corrected chi connectivity index (χ3v) is 5.40. The van der Waals surface area contributed by atoms with Crippen molar-refractivity contribution in [2.24, 2.45) is 17.8 Å². The molecule has 2 heteroatoms. The second-order valence-electron chi connectivity index (χ2n) is 7.34. The Morgan fingerprint density at radius 3 is 1.84 bits per heavy atom. The predicted octanol–water partition coefficient (Wildman–Crippen LogP) is 3.48. The van der Waals surface area contributed by atoms with Crippen LogP contribution in [-0.2, 0) is 0 Å². The van der Waals surface area contributed by atoms with Crippen LogP contribution in [0.15, 0.2) is 0 Å². The standard InChI is InChI=1S/C10H20N2.C7H14/c1-11-7-3-10(4-8-11)9-12-5-2-6-12;1-6(2)7-4-3-5-7/h10H,2-9H2,1H3;6-7H,3-5H2,1-2H3. The van der Waals surface area contributed by atoms with Crippen LogP contribution in [0.3, 0.4) is 0 Å². The van der Waals surface area contributed by atoms with Gasteiger partial charge in [-0.15, -0.1) is 0 Å². The second kappa shape index (κ2) is 7.64. The molecule has 0 amide bonds. The first-order valence-electron chi connectivity index (χ1n) is 8.56. The van der Waals surface area contributed by atoms with E-state index in [0.717, 1.165) is 17.8 Å². The first kappa shape index (κ1) is 15.3. The molecule has 2 nitrogen and oxygen atoms in total. The van der Waals surface area contributed by atoms with Gasteiger partial charge in [0.25, 0.3) is 0 Å². The summed E-state index contributed by atoms with van der Waals surface area (Å²) in [4.78, 5) is 5.06. The lowest BCUT2D eigenvalue weighted by Crippen LogP contribution is -2.43. The van der Waals surface area contributed by atoms with E-state index in [1.807, 2.05) is 0 Å². The molecule has 112 valence electrons. The van der Waals surface area contributed by atoms with Gasteiger partial charge in [-0.2, -0.15) is 0 Å². The van der Waals surface area contributed by atoms with Crippen LogP contribution >= 0.6 is 0 Å². The molecule has 0 unspecified atom stereocenters. The second-order valence-corrected chi connectivity index (χ2v) is 7.34. The molecule has 3 rings (SSSR count). The Labute approximate surface area is 120 Å². The summed E-state index contributed by atoms with van der Waals surface area (Å²) in [6.07, 6.45) is 8.77. The van der Waals surface area contributed by atoms with Gasteiger partial charge in [0.1, 0.15) is 0 Å². The van der Waals surface area contributed by atoms with Crippen molar-refractivity contribution in [1.82, 2.24) is 9.80 Å². The Morgan fingerprint density at radius 1 is 0.895 bits per heavy atom. The van der Waals surface area contributed by atoms with Crippen molar-refractivity contribution in [2.45, 2.75) is 52.4 Å². The zero-order valence-electron chi connectivity index (χ0n) is 13.4. The molecule has 1 saturated carbocycles. The van der Waals surface area contributed by atoms with E-state index in [1.54, 1.807) is 0 Å². The quantitative estimate of drug-likeness (QED) is 0.772. The highest BCUT2D eigenvalue weighted by atomic mass is 15.2. The average Bonchev–Trinajstić information content (AvgIpc) is 2.23. The molecule has 2 saturated heterocycles. The van der Waals surface area contributed by atoms with Crippen molar-refractivity contribution in [3.05, 3.63) is 0 Å². The minimum Gasteiger partial charge on any atom is -0.306 e. The molecule has 0 aromatic carbocycles. The molecule has 0 aromatic heterocycles.